The van der Waals surface area contributed by atoms with Crippen LogP contribution in [0.4, 0.5) is 11.6 Å². The van der Waals surface area contributed by atoms with Crippen LogP contribution in [-0.2, 0) is 18.9 Å². The van der Waals surface area contributed by atoms with Crippen molar-refractivity contribution in [1.82, 2.24) is 49.7 Å². The molecule has 2 saturated carbocycles. The smallest absolute Gasteiger partial charge is 0.167 e. The maximum atomic E-state index is 10.5. The summed E-state index contributed by atoms with van der Waals surface area (Å²) in [5, 5.41) is 27.9. The first kappa shape index (κ1) is 34.5. The average molecular weight is 709 g/mol. The van der Waals surface area contributed by atoms with Crippen molar-refractivity contribution in [2.24, 2.45) is 11.8 Å². The number of hydrogen-bond donors (Lipinski definition) is 6. The van der Waals surface area contributed by atoms with Crippen LogP contribution in [0.2, 0.25) is 0 Å². The summed E-state index contributed by atoms with van der Waals surface area (Å²) in [7, 11) is 0. The second kappa shape index (κ2) is 12.8. The molecule has 18 nitrogen and oxygen atoms in total. The van der Waals surface area contributed by atoms with E-state index in [0.717, 1.165) is 51.9 Å². The number of aromatic nitrogens is 8. The second-order valence-corrected chi connectivity index (χ2v) is 14.8. The zero-order valence-electron chi connectivity index (χ0n) is 29.3. The summed E-state index contributed by atoms with van der Waals surface area (Å²) in [6, 6.07) is 0. The Balaban J connectivity index is 0.000000148. The van der Waals surface area contributed by atoms with Gasteiger partial charge in [-0.05, 0) is 52.6 Å². The number of ether oxygens (including phenoxy) is 4. The minimum Gasteiger partial charge on any atom is -0.387 e. The van der Waals surface area contributed by atoms with Gasteiger partial charge in [0, 0.05) is 24.9 Å². The quantitative estimate of drug-likeness (QED) is 0.124. The number of nitrogen functional groups attached to an aromatic ring is 2. The number of nitrogens with zero attached hydrogens (tertiary/aromatic N) is 8. The topological polar surface area (TPSA) is 241 Å². The molecule has 3 saturated heterocycles. The Kier molecular flexibility index (Phi) is 8.65. The lowest BCUT2D eigenvalue weighted by Gasteiger charge is -2.25. The molecular formula is C33H48N12O6. The number of hydrogen-bond acceptors (Lipinski definition) is 16. The van der Waals surface area contributed by atoms with E-state index in [1.165, 1.54) is 19.0 Å². The van der Waals surface area contributed by atoms with Crippen LogP contribution in [0, 0.1) is 11.8 Å². The summed E-state index contributed by atoms with van der Waals surface area (Å²) in [6.07, 6.45) is 6.46. The average Bonchev–Trinajstić information content (AvgIpc) is 3.56. The highest BCUT2D eigenvalue weighted by atomic mass is 16.8. The molecule has 2 aliphatic carbocycles. The van der Waals surface area contributed by atoms with Crippen LogP contribution >= 0.6 is 0 Å². The molecular weight excluding hydrogens is 660 g/mol. The maximum absolute atomic E-state index is 10.5. The van der Waals surface area contributed by atoms with E-state index in [4.69, 9.17) is 30.4 Å². The van der Waals surface area contributed by atoms with Crippen LogP contribution in [0.25, 0.3) is 22.3 Å². The summed E-state index contributed by atoms with van der Waals surface area (Å²) in [4.78, 5) is 25.1. The van der Waals surface area contributed by atoms with Crippen molar-refractivity contribution < 1.29 is 29.2 Å². The molecule has 5 fully saturated rings. The highest BCUT2D eigenvalue weighted by molar-refractivity contribution is 5.81. The molecule has 9 rings (SSSR count). The Labute approximate surface area is 294 Å². The molecule has 2 unspecified atom stereocenters. The predicted octanol–water partition coefficient (Wildman–Crippen LogP) is 0.633. The number of nitrogens with one attached hydrogen (secondary N) is 2. The normalized spacial score (nSPS) is 35.9. The maximum Gasteiger partial charge on any atom is 0.167 e. The van der Waals surface area contributed by atoms with Gasteiger partial charge in [-0.1, -0.05) is 13.8 Å². The first-order valence-corrected chi connectivity index (χ1v) is 17.9. The monoisotopic (exact) mass is 708 g/mol. The lowest BCUT2D eigenvalue weighted by atomic mass is 10.1. The van der Waals surface area contributed by atoms with Gasteiger partial charge in [-0.3, -0.25) is 9.13 Å². The molecule has 2 spiro atoms. The fraction of sp³-hybridized carbons (Fsp3) is 0.697. The van der Waals surface area contributed by atoms with Gasteiger partial charge in [-0.15, -0.1) is 0 Å². The number of anilines is 2. The number of nitrogens with two attached hydrogens (primary N) is 2. The Morgan fingerprint density at radius 1 is 0.745 bits per heavy atom. The van der Waals surface area contributed by atoms with Gasteiger partial charge in [0.1, 0.15) is 59.3 Å². The number of aliphatic hydroxyl groups is 2. The van der Waals surface area contributed by atoms with Crippen LogP contribution in [0.3, 0.4) is 0 Å². The molecule has 5 aliphatic rings. The van der Waals surface area contributed by atoms with Crippen LogP contribution in [0.5, 0.6) is 0 Å². The van der Waals surface area contributed by atoms with Crippen LogP contribution in [-0.4, -0.2) is 117 Å². The number of imidazole rings is 2. The molecule has 0 amide bonds. The van der Waals surface area contributed by atoms with E-state index in [1.54, 1.807) is 10.9 Å². The SMILES string of the molecule is CCCNC[C@@H]1C[C@@]12O[C@@H](n1cnc3c(N)ncnc31)C(O)[C@H]2O.CCCNC[C@@H]1C[C@@]12O[C@@H](n1cnc3c(N)ncnc31)C1OC(C)(C)O[C@H]12. The van der Waals surface area contributed by atoms with Crippen molar-refractivity contribution in [2.45, 2.75) is 107 Å². The van der Waals surface area contributed by atoms with Gasteiger partial charge >= 0.3 is 0 Å². The standard InChI is InChI=1S/C18H26N6O3.C15H22N6O3/c1-4-5-20-7-10-6-18(10)13-12(25-17(2,3)26-13)16(27-18)24-9-23-11-14(19)21-8-22-15(11)24;1-2-3-17-5-8-4-15(8)11(23)10(22)14(24-15)21-7-20-9-12(16)18-6-19-13(9)21/h8-10,12-13,16,20H,4-7H2,1-3H3,(H2,19,21,22);6-8,10-11,14,17,22-23H,2-5H2,1H3,(H2,16,18,19)/t10-,12?,13+,16+,18+;8-,10?,11+,14+,15+/m00/s1. The molecule has 0 aromatic carbocycles. The summed E-state index contributed by atoms with van der Waals surface area (Å²) in [6.45, 7) is 11.8. The molecule has 8 N–H and O–H groups in total. The largest absolute Gasteiger partial charge is 0.387 e. The highest BCUT2D eigenvalue weighted by Gasteiger charge is 2.73. The summed E-state index contributed by atoms with van der Waals surface area (Å²) >= 11 is 0. The molecule has 18 heteroatoms. The van der Waals surface area contributed by atoms with Crippen LogP contribution in [0.1, 0.15) is 65.8 Å². The Hall–Kier alpha value is -3.62. The Bertz CT molecular complexity index is 1890. The van der Waals surface area contributed by atoms with Gasteiger partial charge in [-0.25, -0.2) is 29.9 Å². The molecule has 276 valence electrons. The molecule has 7 heterocycles. The van der Waals surface area contributed by atoms with Gasteiger partial charge in [0.2, 0.25) is 0 Å². The van der Waals surface area contributed by atoms with Crippen molar-refractivity contribution in [3.05, 3.63) is 25.3 Å². The molecule has 51 heavy (non-hydrogen) atoms. The van der Waals surface area contributed by atoms with E-state index < -0.39 is 29.8 Å². The van der Waals surface area contributed by atoms with E-state index in [9.17, 15) is 10.2 Å². The third-order valence-corrected chi connectivity index (χ3v) is 10.8. The van der Waals surface area contributed by atoms with Gasteiger partial charge in [0.25, 0.3) is 0 Å². The Morgan fingerprint density at radius 2 is 1.27 bits per heavy atom. The predicted molar refractivity (Wildman–Crippen MR) is 184 cm³/mol. The van der Waals surface area contributed by atoms with E-state index in [2.05, 4.69) is 54.4 Å². The van der Waals surface area contributed by atoms with E-state index >= 15 is 0 Å². The fourth-order valence-corrected chi connectivity index (χ4v) is 8.14. The van der Waals surface area contributed by atoms with Gasteiger partial charge in [0.15, 0.2) is 41.2 Å². The van der Waals surface area contributed by atoms with Crippen LogP contribution in [0.15, 0.2) is 25.3 Å². The minimum atomic E-state index is -1.05. The lowest BCUT2D eigenvalue weighted by molar-refractivity contribution is -0.203. The second-order valence-electron chi connectivity index (χ2n) is 14.8. The van der Waals surface area contributed by atoms with Crippen LogP contribution < -0.4 is 22.1 Å². The molecule has 10 atom stereocenters. The van der Waals surface area contributed by atoms with E-state index in [0.29, 0.717) is 34.1 Å². The summed E-state index contributed by atoms with van der Waals surface area (Å²) < 4.78 is 28.7. The zero-order valence-corrected chi connectivity index (χ0v) is 29.3. The fourth-order valence-electron chi connectivity index (χ4n) is 8.14. The van der Waals surface area contributed by atoms with Gasteiger partial charge < -0.3 is 51.3 Å². The third kappa shape index (κ3) is 5.72. The summed E-state index contributed by atoms with van der Waals surface area (Å²) in [5.74, 6) is 0.593. The Morgan fingerprint density at radius 3 is 1.86 bits per heavy atom. The van der Waals surface area contributed by atoms with E-state index in [1.807, 2.05) is 18.4 Å². The number of aliphatic hydroxyl groups excluding tert-OH is 2. The van der Waals surface area contributed by atoms with E-state index in [-0.39, 0.29) is 35.8 Å². The van der Waals surface area contributed by atoms with Gasteiger partial charge in [0.05, 0.1) is 12.7 Å². The van der Waals surface area contributed by atoms with Crippen molar-refractivity contribution in [1.29, 1.82) is 0 Å². The minimum absolute atomic E-state index is 0.109. The van der Waals surface area contributed by atoms with Crippen molar-refractivity contribution in [2.75, 3.05) is 37.6 Å². The van der Waals surface area contributed by atoms with Crippen molar-refractivity contribution in [3.63, 3.8) is 0 Å². The number of rotatable bonds is 10. The number of fused-ring (bicyclic) bond motifs is 4. The first-order chi connectivity index (χ1) is 24.5. The zero-order chi connectivity index (χ0) is 35.7. The highest BCUT2D eigenvalue weighted by Crippen LogP contribution is 2.62. The van der Waals surface area contributed by atoms with Gasteiger partial charge in [-0.2, -0.15) is 0 Å². The summed E-state index contributed by atoms with van der Waals surface area (Å²) in [5.41, 5.74) is 12.9. The molecule has 4 aromatic rings. The molecule has 0 radical (unpaired) electrons. The molecule has 4 aromatic heterocycles. The first-order valence-electron chi connectivity index (χ1n) is 17.9. The van der Waals surface area contributed by atoms with Crippen molar-refractivity contribution >= 4 is 34.0 Å². The van der Waals surface area contributed by atoms with Crippen molar-refractivity contribution in [3.8, 4) is 0 Å². The lowest BCUT2D eigenvalue weighted by Crippen LogP contribution is -2.35. The third-order valence-electron chi connectivity index (χ3n) is 10.8. The molecule has 3 aliphatic heterocycles. The molecule has 0 bridgehead atoms.